The molecule has 5 nitrogen and oxygen atoms in total. The number of nitrogens with zero attached hydrogens (tertiary/aromatic N) is 3. The van der Waals surface area contributed by atoms with Crippen molar-refractivity contribution in [1.82, 2.24) is 14.8 Å². The Balaban J connectivity index is 2.22. The summed E-state index contributed by atoms with van der Waals surface area (Å²) in [5.41, 5.74) is 3.76. The molecular formula is C15H14N4O. The normalized spacial score (nSPS) is 10.7. The smallest absolute Gasteiger partial charge is 0.121 e. The molecule has 20 heavy (non-hydrogen) atoms. The number of fused-ring (bicyclic) bond motifs is 1. The fourth-order valence-corrected chi connectivity index (χ4v) is 2.43. The quantitative estimate of drug-likeness (QED) is 0.792. The highest BCUT2D eigenvalue weighted by molar-refractivity contribution is 5.87. The van der Waals surface area contributed by atoms with Gasteiger partial charge >= 0.3 is 0 Å². The minimum atomic E-state index is 0.607. The zero-order valence-electron chi connectivity index (χ0n) is 11.3. The number of hydrogen-bond acceptors (Lipinski definition) is 3. The van der Waals surface area contributed by atoms with Gasteiger partial charge in [-0.05, 0) is 24.6 Å². The van der Waals surface area contributed by atoms with Crippen LogP contribution < -0.4 is 4.74 Å². The molecule has 0 saturated heterocycles. The van der Waals surface area contributed by atoms with Crippen molar-refractivity contribution in [3.63, 3.8) is 0 Å². The molecule has 0 fully saturated rings. The van der Waals surface area contributed by atoms with Gasteiger partial charge in [-0.3, -0.25) is 5.10 Å². The van der Waals surface area contributed by atoms with Gasteiger partial charge in [0.05, 0.1) is 25.4 Å². The Labute approximate surface area is 116 Å². The Bertz CT molecular complexity index is 793. The number of methoxy groups -OCH3 is 1. The molecule has 5 heteroatoms. The molecule has 0 atom stereocenters. The molecule has 0 saturated carbocycles. The number of aromatic nitrogens is 3. The van der Waals surface area contributed by atoms with E-state index in [1.165, 1.54) is 0 Å². The second-order valence-electron chi connectivity index (χ2n) is 4.71. The fourth-order valence-electron chi connectivity index (χ4n) is 2.43. The summed E-state index contributed by atoms with van der Waals surface area (Å²) in [6.07, 6.45) is 3.60. The van der Waals surface area contributed by atoms with Crippen molar-refractivity contribution in [2.24, 2.45) is 0 Å². The van der Waals surface area contributed by atoms with Crippen LogP contribution in [-0.4, -0.2) is 21.9 Å². The van der Waals surface area contributed by atoms with E-state index in [1.54, 1.807) is 13.3 Å². The van der Waals surface area contributed by atoms with Crippen LogP contribution >= 0.6 is 0 Å². The number of benzene rings is 1. The Morgan fingerprint density at radius 3 is 2.90 bits per heavy atom. The van der Waals surface area contributed by atoms with E-state index in [-0.39, 0.29) is 0 Å². The van der Waals surface area contributed by atoms with Crippen LogP contribution in [0.3, 0.4) is 0 Å². The van der Waals surface area contributed by atoms with Gasteiger partial charge in [0.1, 0.15) is 17.5 Å². The van der Waals surface area contributed by atoms with E-state index in [9.17, 15) is 5.26 Å². The van der Waals surface area contributed by atoms with Gasteiger partial charge in [0, 0.05) is 23.2 Å². The zero-order chi connectivity index (χ0) is 14.1. The molecule has 0 radical (unpaired) electrons. The number of hydrogen-bond donors (Lipinski definition) is 1. The molecule has 3 aromatic rings. The molecule has 1 aromatic carbocycles. The Hall–Kier alpha value is -2.74. The number of aromatic amines is 1. The first-order valence-electron chi connectivity index (χ1n) is 6.28. The maximum atomic E-state index is 9.34. The third-order valence-electron chi connectivity index (χ3n) is 3.45. The summed E-state index contributed by atoms with van der Waals surface area (Å²) in [5, 5.41) is 17.1. The fraction of sp³-hybridized carbons (Fsp3) is 0.200. The molecular weight excluding hydrogens is 252 g/mol. The second kappa shape index (κ2) is 4.74. The number of ether oxygens (including phenoxy) is 1. The molecule has 0 amide bonds. The van der Waals surface area contributed by atoms with Crippen molar-refractivity contribution in [3.05, 3.63) is 47.4 Å². The average molecular weight is 266 g/mol. The van der Waals surface area contributed by atoms with Gasteiger partial charge < -0.3 is 9.30 Å². The number of H-pyrrole nitrogens is 1. The average Bonchev–Trinajstić information content (AvgIpc) is 3.08. The number of nitrogens with one attached hydrogen (secondary N) is 1. The summed E-state index contributed by atoms with van der Waals surface area (Å²) in [4.78, 5) is 0. The Morgan fingerprint density at radius 1 is 1.40 bits per heavy atom. The van der Waals surface area contributed by atoms with Crippen molar-refractivity contribution in [2.75, 3.05) is 7.11 Å². The van der Waals surface area contributed by atoms with E-state index in [0.717, 1.165) is 27.8 Å². The molecule has 0 unspecified atom stereocenters. The molecule has 0 aliphatic carbocycles. The van der Waals surface area contributed by atoms with Crippen LogP contribution in [0, 0.1) is 18.3 Å². The maximum Gasteiger partial charge on any atom is 0.121 e. The lowest BCUT2D eigenvalue weighted by Gasteiger charge is -2.08. The minimum Gasteiger partial charge on any atom is -0.497 e. The lowest BCUT2D eigenvalue weighted by atomic mass is 10.1. The van der Waals surface area contributed by atoms with Crippen LogP contribution in [-0.2, 0) is 6.54 Å². The topological polar surface area (TPSA) is 66.6 Å². The van der Waals surface area contributed by atoms with Gasteiger partial charge in [0.2, 0.25) is 0 Å². The first-order chi connectivity index (χ1) is 9.72. The first kappa shape index (κ1) is 12.3. The Kier molecular flexibility index (Phi) is 2.92. The molecule has 100 valence electrons. The van der Waals surface area contributed by atoms with Gasteiger partial charge in [-0.1, -0.05) is 0 Å². The molecule has 0 aliphatic heterocycles. The van der Waals surface area contributed by atoms with Crippen molar-refractivity contribution in [1.29, 1.82) is 5.26 Å². The van der Waals surface area contributed by atoms with Crippen molar-refractivity contribution < 1.29 is 4.74 Å². The van der Waals surface area contributed by atoms with Crippen molar-refractivity contribution >= 4 is 10.9 Å². The number of rotatable bonds is 3. The van der Waals surface area contributed by atoms with E-state index in [0.29, 0.717) is 12.2 Å². The van der Waals surface area contributed by atoms with E-state index in [2.05, 4.69) is 16.3 Å². The summed E-state index contributed by atoms with van der Waals surface area (Å²) in [6, 6.07) is 8.11. The highest BCUT2D eigenvalue weighted by Gasteiger charge is 2.12. The third kappa shape index (κ3) is 1.91. The van der Waals surface area contributed by atoms with Crippen LogP contribution in [0.5, 0.6) is 5.75 Å². The van der Waals surface area contributed by atoms with Crippen molar-refractivity contribution in [3.8, 4) is 11.8 Å². The first-order valence-corrected chi connectivity index (χ1v) is 6.28. The van der Waals surface area contributed by atoms with E-state index in [1.807, 2.05) is 35.9 Å². The molecule has 3 rings (SSSR count). The van der Waals surface area contributed by atoms with Gasteiger partial charge in [0.25, 0.3) is 0 Å². The van der Waals surface area contributed by atoms with Gasteiger partial charge in [-0.25, -0.2) is 0 Å². The van der Waals surface area contributed by atoms with E-state index in [4.69, 9.17) is 4.74 Å². The summed E-state index contributed by atoms with van der Waals surface area (Å²) in [6.45, 7) is 2.63. The van der Waals surface area contributed by atoms with E-state index < -0.39 is 0 Å². The molecule has 0 bridgehead atoms. The van der Waals surface area contributed by atoms with Gasteiger partial charge in [0.15, 0.2) is 0 Å². The molecule has 2 heterocycles. The highest BCUT2D eigenvalue weighted by atomic mass is 16.5. The zero-order valence-corrected chi connectivity index (χ0v) is 11.3. The lowest BCUT2D eigenvalue weighted by molar-refractivity contribution is 0.415. The van der Waals surface area contributed by atoms with Crippen LogP contribution in [0.2, 0.25) is 0 Å². The molecule has 1 N–H and O–H groups in total. The van der Waals surface area contributed by atoms with Gasteiger partial charge in [-0.15, -0.1) is 0 Å². The Morgan fingerprint density at radius 2 is 2.25 bits per heavy atom. The maximum absolute atomic E-state index is 9.34. The summed E-state index contributed by atoms with van der Waals surface area (Å²) >= 11 is 0. The lowest BCUT2D eigenvalue weighted by Crippen LogP contribution is -2.01. The molecule has 2 aromatic heterocycles. The van der Waals surface area contributed by atoms with Crippen LogP contribution in [0.1, 0.15) is 16.8 Å². The summed E-state index contributed by atoms with van der Waals surface area (Å²) in [5.74, 6) is 0.797. The van der Waals surface area contributed by atoms with E-state index >= 15 is 0 Å². The van der Waals surface area contributed by atoms with Crippen LogP contribution in [0.4, 0.5) is 0 Å². The SMILES string of the molecule is COc1cc(C)c2cc(C#N)n(Cc3cn[nH]c3)c2c1. The predicted octanol–water partition coefficient (Wildman–Crippen LogP) is 2.60. The predicted molar refractivity (Wildman–Crippen MR) is 75.6 cm³/mol. The second-order valence-corrected chi connectivity index (χ2v) is 4.71. The monoisotopic (exact) mass is 266 g/mol. The van der Waals surface area contributed by atoms with Crippen LogP contribution in [0.25, 0.3) is 10.9 Å². The number of nitriles is 1. The molecule has 0 aliphatic rings. The number of aryl methyl sites for hydroxylation is 1. The standard InChI is InChI=1S/C15H14N4O/c1-10-3-13(20-2)5-15-14(10)4-12(6-16)19(15)9-11-7-17-18-8-11/h3-5,7-8H,9H2,1-2H3,(H,17,18). The van der Waals surface area contributed by atoms with Crippen molar-refractivity contribution in [2.45, 2.75) is 13.5 Å². The van der Waals surface area contributed by atoms with Gasteiger partial charge in [-0.2, -0.15) is 10.4 Å². The van der Waals surface area contributed by atoms with Crippen LogP contribution in [0.15, 0.2) is 30.6 Å². The molecule has 0 spiro atoms. The largest absolute Gasteiger partial charge is 0.497 e. The highest BCUT2D eigenvalue weighted by Crippen LogP contribution is 2.28. The minimum absolute atomic E-state index is 0.607. The summed E-state index contributed by atoms with van der Waals surface area (Å²) < 4.78 is 7.30. The third-order valence-corrected chi connectivity index (χ3v) is 3.45. The summed E-state index contributed by atoms with van der Waals surface area (Å²) in [7, 11) is 1.65.